The number of hydrogen-bond acceptors (Lipinski definition) is 4. The molecule has 4 rings (SSSR count). The van der Waals surface area contributed by atoms with Gasteiger partial charge in [-0.3, -0.25) is 4.79 Å². The normalized spacial score (nSPS) is 11.2. The van der Waals surface area contributed by atoms with Crippen LogP contribution in [0, 0.1) is 29.1 Å². The van der Waals surface area contributed by atoms with E-state index in [1.807, 2.05) is 30.3 Å². The number of benzene rings is 3. The van der Waals surface area contributed by atoms with Crippen LogP contribution in [0.25, 0.3) is 23.4 Å². The Balaban J connectivity index is 1.66. The molecule has 0 saturated heterocycles. The number of aliphatic hydroxyl groups is 1. The van der Waals surface area contributed by atoms with E-state index >= 15 is 0 Å². The molecule has 188 valence electrons. The van der Waals surface area contributed by atoms with Crippen LogP contribution in [0.5, 0.6) is 0 Å². The minimum absolute atomic E-state index is 0.0863. The number of anilines is 1. The molecule has 3 aromatic carbocycles. The molecule has 0 bridgehead atoms. The zero-order valence-electron chi connectivity index (χ0n) is 19.0. The summed E-state index contributed by atoms with van der Waals surface area (Å²) in [6.07, 6.45) is 3.48. The van der Waals surface area contributed by atoms with Crippen LogP contribution >= 0.6 is 0 Å². The van der Waals surface area contributed by atoms with Gasteiger partial charge in [0.25, 0.3) is 0 Å². The molecule has 0 aliphatic rings. The number of aliphatic hydroxyl groups excluding tert-OH is 1. The van der Waals surface area contributed by atoms with E-state index < -0.39 is 47.0 Å². The molecule has 0 aliphatic carbocycles. The third-order valence-electron chi connectivity index (χ3n) is 5.36. The van der Waals surface area contributed by atoms with Gasteiger partial charge in [-0.15, -0.1) is 0 Å². The number of carbonyl (C=O) groups excluding carboxylic acids is 1. The lowest BCUT2D eigenvalue weighted by Gasteiger charge is -2.11. The molecule has 1 aromatic heterocycles. The minimum atomic E-state index is -2.30. The molecule has 0 saturated carbocycles. The molecule has 1 amide bonds. The number of nitrogens with zero attached hydrogens (tertiary/aromatic N) is 2. The van der Waals surface area contributed by atoms with Gasteiger partial charge in [-0.05, 0) is 17.2 Å². The van der Waals surface area contributed by atoms with Gasteiger partial charge in [-0.1, -0.05) is 60.7 Å². The summed E-state index contributed by atoms with van der Waals surface area (Å²) in [4.78, 5) is 21.2. The zero-order chi connectivity index (χ0) is 26.5. The number of hydrogen-bond donors (Lipinski definition) is 2. The Morgan fingerprint density at radius 1 is 0.838 bits per heavy atom. The second-order valence-electron chi connectivity index (χ2n) is 7.86. The summed E-state index contributed by atoms with van der Waals surface area (Å²) in [5.74, 6) is -11.9. The largest absolute Gasteiger partial charge is 0.392 e. The zero-order valence-corrected chi connectivity index (χ0v) is 19.0. The van der Waals surface area contributed by atoms with Gasteiger partial charge in [0, 0.05) is 11.1 Å². The topological polar surface area (TPSA) is 75.1 Å². The van der Waals surface area contributed by atoms with Crippen LogP contribution in [0.1, 0.15) is 22.4 Å². The summed E-state index contributed by atoms with van der Waals surface area (Å²) >= 11 is 0. The first kappa shape index (κ1) is 25.6. The highest BCUT2D eigenvalue weighted by Gasteiger charge is 2.27. The molecule has 2 N–H and O–H groups in total. The molecule has 10 heteroatoms. The highest BCUT2D eigenvalue weighted by molar-refractivity contribution is 5.93. The van der Waals surface area contributed by atoms with E-state index in [1.54, 1.807) is 36.4 Å². The van der Waals surface area contributed by atoms with Crippen LogP contribution < -0.4 is 5.32 Å². The lowest BCUT2D eigenvalue weighted by atomic mass is 10.1. The Labute approximate surface area is 208 Å². The van der Waals surface area contributed by atoms with E-state index in [-0.39, 0.29) is 18.1 Å². The number of nitrogens with one attached hydrogen (secondary N) is 1. The Hall–Kier alpha value is -4.44. The molecule has 0 unspecified atom stereocenters. The second-order valence-corrected chi connectivity index (χ2v) is 7.86. The van der Waals surface area contributed by atoms with E-state index in [2.05, 4.69) is 15.3 Å². The van der Waals surface area contributed by atoms with Crippen LogP contribution in [-0.2, 0) is 17.8 Å². The monoisotopic (exact) mass is 511 g/mol. The first-order valence-corrected chi connectivity index (χ1v) is 10.9. The predicted octanol–water partition coefficient (Wildman–Crippen LogP) is 5.68. The molecular formula is C27H18F5N3O2. The van der Waals surface area contributed by atoms with Crippen molar-refractivity contribution in [2.75, 3.05) is 5.32 Å². The lowest BCUT2D eigenvalue weighted by Crippen LogP contribution is -2.20. The SMILES string of the molecule is O=C(Cc1c(F)c(F)c(F)c(F)c1F)Nc1ncc(-c2ccc(CO)cc2)nc1C=Cc1ccccc1. The summed E-state index contributed by atoms with van der Waals surface area (Å²) in [7, 11) is 0. The Kier molecular flexibility index (Phi) is 7.69. The molecule has 37 heavy (non-hydrogen) atoms. The average molecular weight is 511 g/mol. The van der Waals surface area contributed by atoms with Crippen molar-refractivity contribution >= 4 is 23.9 Å². The summed E-state index contributed by atoms with van der Waals surface area (Å²) < 4.78 is 68.4. The van der Waals surface area contributed by atoms with Crippen molar-refractivity contribution < 1.29 is 31.9 Å². The van der Waals surface area contributed by atoms with Crippen LogP contribution in [0.2, 0.25) is 0 Å². The Morgan fingerprint density at radius 3 is 2.08 bits per heavy atom. The van der Waals surface area contributed by atoms with Crippen molar-refractivity contribution in [3.8, 4) is 11.3 Å². The van der Waals surface area contributed by atoms with Crippen LogP contribution in [0.3, 0.4) is 0 Å². The van der Waals surface area contributed by atoms with Crippen LogP contribution in [0.4, 0.5) is 27.8 Å². The maximum Gasteiger partial charge on any atom is 0.230 e. The van der Waals surface area contributed by atoms with Gasteiger partial charge in [-0.25, -0.2) is 31.9 Å². The third-order valence-corrected chi connectivity index (χ3v) is 5.36. The molecule has 0 aliphatic heterocycles. The first-order valence-electron chi connectivity index (χ1n) is 10.9. The van der Waals surface area contributed by atoms with E-state index in [4.69, 9.17) is 0 Å². The molecule has 4 aromatic rings. The summed E-state index contributed by atoms with van der Waals surface area (Å²) in [5.41, 5.74) is 1.51. The fourth-order valence-corrected chi connectivity index (χ4v) is 3.42. The quantitative estimate of drug-likeness (QED) is 0.190. The Morgan fingerprint density at radius 2 is 1.46 bits per heavy atom. The van der Waals surface area contributed by atoms with Crippen LogP contribution in [0.15, 0.2) is 60.8 Å². The van der Waals surface area contributed by atoms with Gasteiger partial charge in [0.2, 0.25) is 11.7 Å². The highest BCUT2D eigenvalue weighted by Crippen LogP contribution is 2.25. The molecule has 1 heterocycles. The van der Waals surface area contributed by atoms with Crippen molar-refractivity contribution in [3.63, 3.8) is 0 Å². The number of amides is 1. The van der Waals surface area contributed by atoms with Crippen molar-refractivity contribution in [2.24, 2.45) is 0 Å². The predicted molar refractivity (Wildman–Crippen MR) is 127 cm³/mol. The van der Waals surface area contributed by atoms with Gasteiger partial charge < -0.3 is 10.4 Å². The maximum atomic E-state index is 14.0. The minimum Gasteiger partial charge on any atom is -0.392 e. The second kappa shape index (κ2) is 11.1. The van der Waals surface area contributed by atoms with Gasteiger partial charge in [0.15, 0.2) is 29.1 Å². The smallest absolute Gasteiger partial charge is 0.230 e. The fourth-order valence-electron chi connectivity index (χ4n) is 3.42. The maximum absolute atomic E-state index is 14.0. The van der Waals surface area contributed by atoms with E-state index in [0.29, 0.717) is 16.8 Å². The number of aromatic nitrogens is 2. The van der Waals surface area contributed by atoms with Gasteiger partial charge in [0.1, 0.15) is 5.69 Å². The van der Waals surface area contributed by atoms with Crippen molar-refractivity contribution in [3.05, 3.63) is 112 Å². The molecule has 0 atom stereocenters. The average Bonchev–Trinajstić information content (AvgIpc) is 2.93. The van der Waals surface area contributed by atoms with Gasteiger partial charge >= 0.3 is 0 Å². The number of halogens is 5. The van der Waals surface area contributed by atoms with Crippen molar-refractivity contribution in [2.45, 2.75) is 13.0 Å². The number of rotatable bonds is 7. The van der Waals surface area contributed by atoms with E-state index in [9.17, 15) is 31.9 Å². The van der Waals surface area contributed by atoms with Crippen molar-refractivity contribution in [1.29, 1.82) is 0 Å². The third kappa shape index (κ3) is 5.70. The molecule has 0 fully saturated rings. The number of carbonyl (C=O) groups is 1. The summed E-state index contributed by atoms with van der Waals surface area (Å²) in [5, 5.41) is 11.6. The Bertz CT molecular complexity index is 1450. The lowest BCUT2D eigenvalue weighted by molar-refractivity contribution is -0.115. The summed E-state index contributed by atoms with van der Waals surface area (Å²) in [6, 6.07) is 16.0. The molecule has 0 spiro atoms. The van der Waals surface area contributed by atoms with E-state index in [0.717, 1.165) is 5.56 Å². The standard InChI is InChI=1S/C27H18F5N3O2/c28-22-18(23(29)25(31)26(32)24(22)30)12-21(37)35-27-19(11-8-15-4-2-1-3-5-15)34-20(13-33-27)17-9-6-16(14-36)7-10-17/h1-11,13,36H,12,14H2,(H,33,35,37). The fraction of sp³-hybridized carbons (Fsp3) is 0.0741. The molecule has 0 radical (unpaired) electrons. The first-order chi connectivity index (χ1) is 17.8. The summed E-state index contributed by atoms with van der Waals surface area (Å²) in [6.45, 7) is -0.134. The molecular weight excluding hydrogens is 493 g/mol. The van der Waals surface area contributed by atoms with E-state index in [1.165, 1.54) is 6.20 Å². The van der Waals surface area contributed by atoms with Crippen LogP contribution in [-0.4, -0.2) is 21.0 Å². The van der Waals surface area contributed by atoms with Gasteiger partial charge in [-0.2, -0.15) is 0 Å². The molecule has 5 nitrogen and oxygen atoms in total. The van der Waals surface area contributed by atoms with Gasteiger partial charge in [0.05, 0.1) is 24.9 Å². The van der Waals surface area contributed by atoms with Crippen molar-refractivity contribution in [1.82, 2.24) is 9.97 Å². The highest BCUT2D eigenvalue weighted by atomic mass is 19.2.